The Bertz CT molecular complexity index is 463. The average Bonchev–Trinajstić information content (AvgIpc) is 2.27. The van der Waals surface area contributed by atoms with Crippen molar-refractivity contribution in [1.29, 1.82) is 0 Å². The van der Waals surface area contributed by atoms with Gasteiger partial charge in [0.15, 0.2) is 11.4 Å². The summed E-state index contributed by atoms with van der Waals surface area (Å²) in [6.07, 6.45) is 0. The Hall–Kier alpha value is -0.580. The minimum Gasteiger partial charge on any atom is -0.321 e. The Morgan fingerprint density at radius 3 is 2.31 bits per heavy atom. The molecule has 0 aliphatic rings. The third-order valence-electron chi connectivity index (χ3n) is 1.55. The smallest absolute Gasteiger partial charge is 0.302 e. The molecule has 0 bridgehead atoms. The van der Waals surface area contributed by atoms with Gasteiger partial charge in [0.25, 0.3) is 0 Å². The van der Waals surface area contributed by atoms with Gasteiger partial charge in [-0.3, -0.25) is 0 Å². The molecule has 0 fully saturated rings. The molecule has 81 valence electrons. The molecule has 0 amide bonds. The first kappa shape index (κ1) is 15.4. The summed E-state index contributed by atoms with van der Waals surface area (Å²) in [7, 11) is -3.62. The van der Waals surface area contributed by atoms with Crippen molar-refractivity contribution in [3.63, 3.8) is 0 Å². The van der Waals surface area contributed by atoms with Gasteiger partial charge in [0, 0.05) is 29.6 Å². The topological polar surface area (TPSA) is 57.0 Å². The van der Waals surface area contributed by atoms with Crippen LogP contribution in [0.4, 0.5) is 5.69 Å². The number of benzene rings is 1. The van der Waals surface area contributed by atoms with Crippen LogP contribution in [-0.4, -0.2) is 43.7 Å². The molecule has 1 rings (SSSR count). The van der Waals surface area contributed by atoms with E-state index in [2.05, 4.69) is 14.1 Å². The maximum absolute atomic E-state index is 10.9. The molecule has 1 radical (unpaired) electrons. The number of hydrogen-bond donors (Lipinski definition) is 0. The van der Waals surface area contributed by atoms with E-state index in [0.29, 0.717) is 5.69 Å². The zero-order chi connectivity index (χ0) is 11.3. The predicted molar refractivity (Wildman–Crippen MR) is 59.6 cm³/mol. The Kier molecular flexibility index (Phi) is 6.64. The van der Waals surface area contributed by atoms with Crippen molar-refractivity contribution in [1.82, 2.24) is 0 Å². The van der Waals surface area contributed by atoms with Crippen LogP contribution in [0.2, 0.25) is 0 Å². The summed E-state index contributed by atoms with van der Waals surface area (Å²) in [5.74, 6) is 0.0760. The number of hydrogen-bond acceptors (Lipinski definition) is 4. The first-order chi connectivity index (χ1) is 7.07. The molecule has 1 aromatic rings. The molecule has 0 spiro atoms. The van der Waals surface area contributed by atoms with Crippen molar-refractivity contribution in [2.45, 2.75) is 6.92 Å². The zero-order valence-corrected chi connectivity index (χ0v) is 11.8. The van der Waals surface area contributed by atoms with E-state index < -0.39 is 10.1 Å². The maximum Gasteiger partial charge on any atom is 0.302 e. The maximum atomic E-state index is 10.9. The van der Waals surface area contributed by atoms with E-state index in [1.54, 1.807) is 0 Å². The summed E-state index contributed by atoms with van der Waals surface area (Å²) >= 11 is 0. The van der Waals surface area contributed by atoms with Crippen molar-refractivity contribution in [3.05, 3.63) is 35.7 Å². The fourth-order valence-electron chi connectivity index (χ4n) is 0.715. The minimum atomic E-state index is -3.62. The van der Waals surface area contributed by atoms with Gasteiger partial charge >= 0.3 is 10.1 Å². The molecule has 0 saturated carbocycles. The summed E-state index contributed by atoms with van der Waals surface area (Å²) in [5, 5.41) is 0. The van der Waals surface area contributed by atoms with Crippen molar-refractivity contribution in [3.8, 4) is 5.75 Å². The predicted octanol–water partition coefficient (Wildman–Crippen LogP) is 1.52. The molecular formula is C9H9NNaO4S. The molecule has 0 saturated heterocycles. The molecule has 16 heavy (non-hydrogen) atoms. The first-order valence-electron chi connectivity index (χ1n) is 4.14. The van der Waals surface area contributed by atoms with Crippen LogP contribution < -0.4 is 4.89 Å². The van der Waals surface area contributed by atoms with Crippen molar-refractivity contribution >= 4 is 45.4 Å². The van der Waals surface area contributed by atoms with E-state index in [1.807, 2.05) is 0 Å². The average molecular weight is 250 g/mol. The fraction of sp³-hybridized carbons (Fsp3) is 0.222. The zero-order valence-electron chi connectivity index (χ0n) is 9.00. The Balaban J connectivity index is 0.00000225. The third-order valence-corrected chi connectivity index (χ3v) is 2.54. The van der Waals surface area contributed by atoms with E-state index in [4.69, 9.17) is 6.57 Å². The van der Waals surface area contributed by atoms with E-state index in [0.717, 1.165) is 0 Å². The van der Waals surface area contributed by atoms with Gasteiger partial charge in [-0.2, -0.15) is 8.42 Å². The van der Waals surface area contributed by atoms with E-state index in [-0.39, 0.29) is 41.1 Å². The van der Waals surface area contributed by atoms with Crippen LogP contribution in [0.15, 0.2) is 24.3 Å². The van der Waals surface area contributed by atoms with E-state index in [9.17, 15) is 8.42 Å². The van der Waals surface area contributed by atoms with Crippen LogP contribution in [0.3, 0.4) is 0 Å². The third kappa shape index (κ3) is 4.96. The van der Waals surface area contributed by atoms with Crippen LogP contribution in [0.25, 0.3) is 4.85 Å². The quantitative estimate of drug-likeness (QED) is 0.352. The van der Waals surface area contributed by atoms with Crippen LogP contribution in [0, 0.1) is 6.57 Å². The van der Waals surface area contributed by atoms with Crippen molar-refractivity contribution in [2.75, 3.05) is 5.75 Å². The van der Waals surface area contributed by atoms with Crippen LogP contribution in [0.5, 0.6) is 5.75 Å². The minimum absolute atomic E-state index is 0. The monoisotopic (exact) mass is 250 g/mol. The summed E-state index contributed by atoms with van der Waals surface area (Å²) in [6, 6.07) is 5.92. The fourth-order valence-corrected chi connectivity index (χ4v) is 0.994. The SMILES string of the molecule is [C-]#[N+]c1ccc(OOS(=O)(=O)CC)cc1.[Na]. The summed E-state index contributed by atoms with van der Waals surface area (Å²) < 4.78 is 26.0. The molecule has 0 aliphatic carbocycles. The standard InChI is InChI=1S/C9H9NO4S.Na/c1-3-15(11,12)14-13-9-6-4-8(10-2)5-7-9;/h4-7H,3H2,1H3;. The van der Waals surface area contributed by atoms with Gasteiger partial charge in [0.05, 0.1) is 12.3 Å². The molecule has 0 N–H and O–H groups in total. The Morgan fingerprint density at radius 1 is 1.31 bits per heavy atom. The first-order valence-corrected chi connectivity index (χ1v) is 5.71. The van der Waals surface area contributed by atoms with Gasteiger partial charge in [0.2, 0.25) is 0 Å². The molecule has 0 aromatic heterocycles. The van der Waals surface area contributed by atoms with Crippen LogP contribution >= 0.6 is 0 Å². The van der Waals surface area contributed by atoms with Crippen molar-refractivity contribution in [2.24, 2.45) is 0 Å². The summed E-state index contributed by atoms with van der Waals surface area (Å²) in [4.78, 5) is 7.74. The second-order valence-electron chi connectivity index (χ2n) is 2.60. The largest absolute Gasteiger partial charge is 0.321 e. The summed E-state index contributed by atoms with van der Waals surface area (Å²) in [6.45, 7) is 8.15. The number of rotatable bonds is 4. The van der Waals surface area contributed by atoms with Gasteiger partial charge in [-0.1, -0.05) is 16.5 Å². The van der Waals surface area contributed by atoms with Crippen molar-refractivity contribution < 1.29 is 17.6 Å². The second kappa shape index (κ2) is 6.89. The number of nitrogens with zero attached hydrogens (tertiary/aromatic N) is 1. The second-order valence-corrected chi connectivity index (χ2v) is 4.43. The normalized spacial score (nSPS) is 10.0. The van der Waals surface area contributed by atoms with Gasteiger partial charge in [0.1, 0.15) is 0 Å². The summed E-state index contributed by atoms with van der Waals surface area (Å²) in [5.41, 5.74) is 0.445. The van der Waals surface area contributed by atoms with E-state index >= 15 is 0 Å². The van der Waals surface area contributed by atoms with Gasteiger partial charge < -0.3 is 4.89 Å². The van der Waals surface area contributed by atoms with Gasteiger partial charge in [-0.15, -0.1) is 0 Å². The van der Waals surface area contributed by atoms with E-state index in [1.165, 1.54) is 31.2 Å². The van der Waals surface area contributed by atoms with Gasteiger partial charge in [-0.25, -0.2) is 4.85 Å². The molecular weight excluding hydrogens is 241 g/mol. The molecule has 7 heteroatoms. The van der Waals surface area contributed by atoms with Gasteiger partial charge in [-0.05, 0) is 19.1 Å². The van der Waals surface area contributed by atoms with Crippen LogP contribution in [-0.2, 0) is 14.5 Å². The molecule has 0 aliphatic heterocycles. The molecule has 5 nitrogen and oxygen atoms in total. The molecule has 0 atom stereocenters. The van der Waals surface area contributed by atoms with Crippen LogP contribution in [0.1, 0.15) is 6.92 Å². The molecule has 0 unspecified atom stereocenters. The molecule has 1 aromatic carbocycles. The Morgan fingerprint density at radius 2 is 1.88 bits per heavy atom. The molecule has 0 heterocycles. The Labute approximate surface area is 117 Å².